The number of ketones is 1. The van der Waals surface area contributed by atoms with Crippen molar-refractivity contribution in [1.82, 2.24) is 4.90 Å². The Hall–Kier alpha value is -2.66. The van der Waals surface area contributed by atoms with Gasteiger partial charge in [0.25, 0.3) is 5.91 Å². The summed E-state index contributed by atoms with van der Waals surface area (Å²) < 4.78 is 5.31. The van der Waals surface area contributed by atoms with Crippen molar-refractivity contribution in [2.75, 3.05) is 26.0 Å². The van der Waals surface area contributed by atoms with E-state index in [4.69, 9.17) is 4.74 Å². The highest BCUT2D eigenvalue weighted by molar-refractivity contribution is 6.11. The van der Waals surface area contributed by atoms with Gasteiger partial charge in [0.15, 0.2) is 0 Å². The average molecular weight is 376 g/mol. The van der Waals surface area contributed by atoms with Crippen LogP contribution in [0.1, 0.15) is 36.3 Å². The van der Waals surface area contributed by atoms with Gasteiger partial charge in [-0.05, 0) is 43.7 Å². The van der Waals surface area contributed by atoms with Gasteiger partial charge in [0, 0.05) is 30.1 Å². The minimum absolute atomic E-state index is 0.0321. The molecule has 3 aliphatic rings. The molecule has 2 fully saturated rings. The second-order valence-corrected chi connectivity index (χ2v) is 8.16. The molecule has 5 nitrogen and oxygen atoms in total. The number of anilines is 1. The molecule has 3 atom stereocenters. The van der Waals surface area contributed by atoms with Gasteiger partial charge in [-0.3, -0.25) is 14.5 Å². The van der Waals surface area contributed by atoms with Crippen LogP contribution in [0.2, 0.25) is 0 Å². The first-order valence-corrected chi connectivity index (χ1v) is 9.85. The summed E-state index contributed by atoms with van der Waals surface area (Å²) in [6, 6.07) is 15.8. The van der Waals surface area contributed by atoms with Crippen LogP contribution in [-0.4, -0.2) is 37.3 Å². The molecule has 2 spiro atoms. The molecule has 2 aromatic rings. The highest BCUT2D eigenvalue weighted by Gasteiger charge is 2.73. The highest BCUT2D eigenvalue weighted by atomic mass is 16.5. The molecule has 0 bridgehead atoms. The van der Waals surface area contributed by atoms with Crippen molar-refractivity contribution >= 4 is 17.4 Å². The Morgan fingerprint density at radius 2 is 1.86 bits per heavy atom. The van der Waals surface area contributed by atoms with Crippen LogP contribution in [0.25, 0.3) is 0 Å². The lowest BCUT2D eigenvalue weighted by Gasteiger charge is -2.43. The van der Waals surface area contributed by atoms with Crippen molar-refractivity contribution in [1.29, 1.82) is 0 Å². The van der Waals surface area contributed by atoms with Gasteiger partial charge in [-0.1, -0.05) is 30.3 Å². The summed E-state index contributed by atoms with van der Waals surface area (Å²) in [5, 5.41) is 3.07. The standard InChI is InChI=1S/C23H24N2O3/c1-25-14-18(15-9-11-16(28-2)12-10-15)22(13-5-8-20(22)26)23(25)17-6-3-4-7-19(17)24-21(23)27/h3-4,6-7,9-12,18H,5,8,13-14H2,1-2H3,(H,24,27)/t18-,22+,23+/m0/s1. The molecule has 0 unspecified atom stereocenters. The number of amides is 1. The number of fused-ring (bicyclic) bond motifs is 3. The van der Waals surface area contributed by atoms with Crippen molar-refractivity contribution in [3.8, 4) is 5.75 Å². The first-order valence-electron chi connectivity index (χ1n) is 9.85. The van der Waals surface area contributed by atoms with E-state index in [1.54, 1.807) is 7.11 Å². The predicted octanol–water partition coefficient (Wildman–Crippen LogP) is 3.31. The van der Waals surface area contributed by atoms with Crippen LogP contribution in [0.5, 0.6) is 5.75 Å². The van der Waals surface area contributed by atoms with Crippen LogP contribution in [0.4, 0.5) is 5.69 Å². The molecule has 1 amide bonds. The van der Waals surface area contributed by atoms with Crippen molar-refractivity contribution < 1.29 is 14.3 Å². The first-order chi connectivity index (χ1) is 13.6. The number of methoxy groups -OCH3 is 1. The van der Waals surface area contributed by atoms with Gasteiger partial charge in [0.05, 0.1) is 12.5 Å². The summed E-state index contributed by atoms with van der Waals surface area (Å²) >= 11 is 0. The summed E-state index contributed by atoms with van der Waals surface area (Å²) in [7, 11) is 3.63. The number of ether oxygens (including phenoxy) is 1. The molecule has 2 aromatic carbocycles. The molecule has 1 saturated carbocycles. The molecule has 1 saturated heterocycles. The molecule has 2 heterocycles. The monoisotopic (exact) mass is 376 g/mol. The normalized spacial score (nSPS) is 31.6. The van der Waals surface area contributed by atoms with Crippen molar-refractivity contribution in [3.63, 3.8) is 0 Å². The van der Waals surface area contributed by atoms with Gasteiger partial charge < -0.3 is 10.1 Å². The number of nitrogens with zero attached hydrogens (tertiary/aromatic N) is 1. The second kappa shape index (κ2) is 5.92. The molecular weight excluding hydrogens is 352 g/mol. The number of nitrogens with one attached hydrogen (secondary N) is 1. The topological polar surface area (TPSA) is 58.6 Å². The fraction of sp³-hybridized carbons (Fsp3) is 0.391. The van der Waals surface area contributed by atoms with E-state index in [0.29, 0.717) is 13.0 Å². The van der Waals surface area contributed by atoms with E-state index in [1.807, 2.05) is 55.6 Å². The quantitative estimate of drug-likeness (QED) is 0.874. The van der Waals surface area contributed by atoms with Crippen LogP contribution in [0, 0.1) is 5.41 Å². The Morgan fingerprint density at radius 3 is 2.54 bits per heavy atom. The van der Waals surface area contributed by atoms with Gasteiger partial charge in [-0.15, -0.1) is 0 Å². The zero-order valence-electron chi connectivity index (χ0n) is 16.2. The Morgan fingerprint density at radius 1 is 1.11 bits per heavy atom. The maximum absolute atomic E-state index is 13.5. The molecule has 28 heavy (non-hydrogen) atoms. The van der Waals surface area contributed by atoms with E-state index in [9.17, 15) is 9.59 Å². The van der Waals surface area contributed by atoms with Crippen molar-refractivity contribution in [2.24, 2.45) is 5.41 Å². The molecule has 5 heteroatoms. The SMILES string of the molecule is COc1ccc([C@@H]2CN(C)[C@]3(C(=O)Nc4ccccc43)[C@]23CCCC3=O)cc1. The van der Waals surface area contributed by atoms with Crippen LogP contribution in [-0.2, 0) is 15.1 Å². The third-order valence-electron chi connectivity index (χ3n) is 7.15. The maximum Gasteiger partial charge on any atom is 0.250 e. The fourth-order valence-electron chi connectivity index (χ4n) is 6.09. The number of carbonyl (C=O) groups is 2. The number of benzene rings is 2. The van der Waals surface area contributed by atoms with Crippen molar-refractivity contribution in [3.05, 3.63) is 59.7 Å². The van der Waals surface area contributed by atoms with Crippen LogP contribution >= 0.6 is 0 Å². The number of Topliss-reactive ketones (excluding diaryl/α,β-unsaturated/α-hetero) is 1. The second-order valence-electron chi connectivity index (χ2n) is 8.16. The number of likely N-dealkylation sites (N-methyl/N-ethyl adjacent to an activating group) is 1. The van der Waals surface area contributed by atoms with Crippen LogP contribution < -0.4 is 10.1 Å². The number of likely N-dealkylation sites (tertiary alicyclic amines) is 1. The van der Waals surface area contributed by atoms with Gasteiger partial charge >= 0.3 is 0 Å². The molecule has 144 valence electrons. The number of rotatable bonds is 2. The maximum atomic E-state index is 13.5. The smallest absolute Gasteiger partial charge is 0.250 e. The van der Waals surface area contributed by atoms with E-state index in [0.717, 1.165) is 35.4 Å². The Bertz CT molecular complexity index is 970. The third kappa shape index (κ3) is 1.90. The summed E-state index contributed by atoms with van der Waals surface area (Å²) in [5.41, 5.74) is 1.17. The average Bonchev–Trinajstić information content (AvgIpc) is 3.32. The minimum atomic E-state index is -0.943. The van der Waals surface area contributed by atoms with Gasteiger partial charge in [-0.2, -0.15) is 0 Å². The number of para-hydroxylation sites is 1. The Kier molecular flexibility index (Phi) is 3.68. The van der Waals surface area contributed by atoms with Gasteiger partial charge in [0.2, 0.25) is 0 Å². The first kappa shape index (κ1) is 17.4. The summed E-state index contributed by atoms with van der Waals surface area (Å²) in [5.74, 6) is 0.905. The number of carbonyl (C=O) groups excluding carboxylic acids is 2. The van der Waals surface area contributed by atoms with E-state index in [1.165, 1.54) is 0 Å². The lowest BCUT2D eigenvalue weighted by molar-refractivity contribution is -0.142. The Balaban J connectivity index is 1.75. The van der Waals surface area contributed by atoms with Crippen LogP contribution in [0.3, 0.4) is 0 Å². The molecule has 0 aromatic heterocycles. The lowest BCUT2D eigenvalue weighted by atomic mass is 9.59. The zero-order valence-corrected chi connectivity index (χ0v) is 16.2. The molecule has 0 radical (unpaired) electrons. The number of hydrogen-bond acceptors (Lipinski definition) is 4. The van der Waals surface area contributed by atoms with Crippen molar-refractivity contribution in [2.45, 2.75) is 30.7 Å². The lowest BCUT2D eigenvalue weighted by Crippen LogP contribution is -2.57. The van der Waals surface area contributed by atoms with E-state index in [2.05, 4.69) is 10.2 Å². The Labute approximate surface area is 164 Å². The predicted molar refractivity (Wildman–Crippen MR) is 106 cm³/mol. The van der Waals surface area contributed by atoms with E-state index < -0.39 is 11.0 Å². The minimum Gasteiger partial charge on any atom is -0.497 e. The highest BCUT2D eigenvalue weighted by Crippen LogP contribution is 2.66. The largest absolute Gasteiger partial charge is 0.497 e. The molecule has 1 N–H and O–H groups in total. The number of hydrogen-bond donors (Lipinski definition) is 1. The summed E-state index contributed by atoms with van der Waals surface area (Å²) in [6.07, 6.45) is 2.10. The van der Waals surface area contributed by atoms with E-state index >= 15 is 0 Å². The summed E-state index contributed by atoms with van der Waals surface area (Å²) in [4.78, 5) is 29.2. The molecule has 1 aliphatic carbocycles. The third-order valence-corrected chi connectivity index (χ3v) is 7.15. The van der Waals surface area contributed by atoms with Gasteiger partial charge in [-0.25, -0.2) is 0 Å². The molecule has 5 rings (SSSR count). The zero-order chi connectivity index (χ0) is 19.5. The van der Waals surface area contributed by atoms with E-state index in [-0.39, 0.29) is 17.6 Å². The summed E-state index contributed by atoms with van der Waals surface area (Å²) in [6.45, 7) is 0.666. The van der Waals surface area contributed by atoms with Gasteiger partial charge in [0.1, 0.15) is 17.1 Å². The molecule has 2 aliphatic heterocycles. The fourth-order valence-corrected chi connectivity index (χ4v) is 6.09. The van der Waals surface area contributed by atoms with Crippen LogP contribution in [0.15, 0.2) is 48.5 Å². The molecular formula is C23H24N2O3.